The minimum absolute atomic E-state index is 0.555. The van der Waals surface area contributed by atoms with E-state index in [-0.39, 0.29) is 0 Å². The molecule has 5 nitrogen and oxygen atoms in total. The fourth-order valence-corrected chi connectivity index (χ4v) is 2.09. The molecule has 0 saturated heterocycles. The lowest BCUT2D eigenvalue weighted by Crippen LogP contribution is -2.39. The lowest BCUT2D eigenvalue weighted by atomic mass is 10.1. The Balaban J connectivity index is 2.73. The fourth-order valence-electron chi connectivity index (χ4n) is 2.09. The van der Waals surface area contributed by atoms with Gasteiger partial charge in [0.2, 0.25) is 0 Å². The molecule has 0 spiro atoms. The maximum Gasteiger partial charge on any atom is 0.191 e. The van der Waals surface area contributed by atoms with Crippen molar-refractivity contribution in [2.45, 2.75) is 41.2 Å². The molecular weight excluding hydrogens is 302 g/mol. The molecule has 0 amide bonds. The molecule has 136 valence electrons. The van der Waals surface area contributed by atoms with Crippen LogP contribution in [0.15, 0.2) is 23.2 Å². The van der Waals surface area contributed by atoms with Crippen LogP contribution < -0.4 is 15.4 Å². The zero-order chi connectivity index (χ0) is 17.8. The molecule has 0 fully saturated rings. The summed E-state index contributed by atoms with van der Waals surface area (Å²) in [5, 5.41) is 6.64. The Labute approximate surface area is 146 Å². The van der Waals surface area contributed by atoms with Crippen molar-refractivity contribution in [3.05, 3.63) is 29.3 Å². The Bertz CT molecular complexity index is 501. The van der Waals surface area contributed by atoms with Crippen LogP contribution in [0.2, 0.25) is 0 Å². The predicted octanol–water partition coefficient (Wildman–Crippen LogP) is 3.12. The second-order valence-corrected chi connectivity index (χ2v) is 6.13. The van der Waals surface area contributed by atoms with Crippen LogP contribution in [0.25, 0.3) is 0 Å². The standard InChI is InChI=1S/C19H33N3O2/c1-6-20-19(21-13-15(3)4)22-14-17-9-8-16(5)12-18(17)24-11-10-23-7-2/h8-9,12,15H,6-7,10-11,13-14H2,1-5H3,(H2,20,21,22). The normalized spacial score (nSPS) is 11.7. The molecule has 0 unspecified atom stereocenters. The number of nitrogens with one attached hydrogen (secondary N) is 2. The highest BCUT2D eigenvalue weighted by Gasteiger charge is 2.05. The van der Waals surface area contributed by atoms with E-state index in [1.807, 2.05) is 6.92 Å². The molecule has 1 aromatic rings. The lowest BCUT2D eigenvalue weighted by Gasteiger charge is -2.14. The van der Waals surface area contributed by atoms with Gasteiger partial charge in [0, 0.05) is 25.3 Å². The van der Waals surface area contributed by atoms with Crippen LogP contribution in [0.4, 0.5) is 0 Å². The van der Waals surface area contributed by atoms with Gasteiger partial charge in [-0.1, -0.05) is 26.0 Å². The van der Waals surface area contributed by atoms with Gasteiger partial charge in [0.25, 0.3) is 0 Å². The summed E-state index contributed by atoms with van der Waals surface area (Å²) in [6, 6.07) is 6.24. The van der Waals surface area contributed by atoms with Crippen LogP contribution in [0.1, 0.15) is 38.8 Å². The van der Waals surface area contributed by atoms with Crippen molar-refractivity contribution in [3.63, 3.8) is 0 Å². The van der Waals surface area contributed by atoms with Gasteiger partial charge in [-0.05, 0) is 38.3 Å². The highest BCUT2D eigenvalue weighted by Crippen LogP contribution is 2.21. The van der Waals surface area contributed by atoms with Crippen LogP contribution in [0, 0.1) is 12.8 Å². The molecule has 1 aromatic carbocycles. The van der Waals surface area contributed by atoms with E-state index < -0.39 is 0 Å². The van der Waals surface area contributed by atoms with Gasteiger partial charge in [0.1, 0.15) is 12.4 Å². The monoisotopic (exact) mass is 335 g/mol. The molecule has 0 heterocycles. The van der Waals surface area contributed by atoms with Gasteiger partial charge in [-0.15, -0.1) is 0 Å². The Morgan fingerprint density at radius 1 is 1.17 bits per heavy atom. The van der Waals surface area contributed by atoms with E-state index in [1.54, 1.807) is 0 Å². The number of benzene rings is 1. The summed E-state index contributed by atoms with van der Waals surface area (Å²) in [5.41, 5.74) is 2.26. The van der Waals surface area contributed by atoms with Crippen molar-refractivity contribution in [2.75, 3.05) is 32.9 Å². The largest absolute Gasteiger partial charge is 0.491 e. The van der Waals surface area contributed by atoms with E-state index in [9.17, 15) is 0 Å². The van der Waals surface area contributed by atoms with Crippen LogP contribution in [0.3, 0.4) is 0 Å². The van der Waals surface area contributed by atoms with E-state index in [1.165, 1.54) is 5.56 Å². The number of hydrogen-bond acceptors (Lipinski definition) is 3. The first kappa shape index (κ1) is 20.3. The van der Waals surface area contributed by atoms with Gasteiger partial charge in [0.15, 0.2) is 5.96 Å². The first-order valence-corrected chi connectivity index (χ1v) is 8.89. The number of hydrogen-bond donors (Lipinski definition) is 2. The molecule has 0 aliphatic heterocycles. The predicted molar refractivity (Wildman–Crippen MR) is 101 cm³/mol. The third-order valence-corrected chi connectivity index (χ3v) is 3.34. The van der Waals surface area contributed by atoms with Crippen molar-refractivity contribution >= 4 is 5.96 Å². The van der Waals surface area contributed by atoms with Crippen LogP contribution in [-0.4, -0.2) is 38.9 Å². The summed E-state index contributed by atoms with van der Waals surface area (Å²) in [6.45, 7) is 14.7. The first-order valence-electron chi connectivity index (χ1n) is 8.89. The molecule has 0 aromatic heterocycles. The topological polar surface area (TPSA) is 54.9 Å². The molecular formula is C19H33N3O2. The number of aryl methyl sites for hydroxylation is 1. The van der Waals surface area contributed by atoms with Crippen molar-refractivity contribution < 1.29 is 9.47 Å². The third-order valence-electron chi connectivity index (χ3n) is 3.34. The van der Waals surface area contributed by atoms with Gasteiger partial charge < -0.3 is 20.1 Å². The number of nitrogens with zero attached hydrogens (tertiary/aromatic N) is 1. The third kappa shape index (κ3) is 8.20. The first-order chi connectivity index (χ1) is 11.6. The smallest absolute Gasteiger partial charge is 0.191 e. The quantitative estimate of drug-likeness (QED) is 0.392. The second kappa shape index (κ2) is 11.7. The van der Waals surface area contributed by atoms with Gasteiger partial charge in [-0.3, -0.25) is 0 Å². The van der Waals surface area contributed by atoms with E-state index in [0.717, 1.165) is 30.4 Å². The van der Waals surface area contributed by atoms with Crippen molar-refractivity contribution in [2.24, 2.45) is 10.9 Å². The molecule has 5 heteroatoms. The summed E-state index contributed by atoms with van der Waals surface area (Å²) >= 11 is 0. The molecule has 0 bridgehead atoms. The van der Waals surface area contributed by atoms with Crippen LogP contribution in [0.5, 0.6) is 5.75 Å². The Kier molecular flexibility index (Phi) is 9.92. The number of rotatable bonds is 10. The molecule has 24 heavy (non-hydrogen) atoms. The summed E-state index contributed by atoms with van der Waals surface area (Å²) < 4.78 is 11.2. The summed E-state index contributed by atoms with van der Waals surface area (Å²) in [4.78, 5) is 4.67. The summed E-state index contributed by atoms with van der Waals surface area (Å²) in [5.74, 6) is 2.30. The van der Waals surface area contributed by atoms with E-state index in [2.05, 4.69) is 61.5 Å². The van der Waals surface area contributed by atoms with Crippen LogP contribution >= 0.6 is 0 Å². The average Bonchev–Trinajstić information content (AvgIpc) is 2.55. The molecule has 1 rings (SSSR count). The van der Waals surface area contributed by atoms with E-state index in [4.69, 9.17) is 9.47 Å². The molecule has 0 saturated carbocycles. The molecule has 0 aliphatic carbocycles. The van der Waals surface area contributed by atoms with Gasteiger partial charge in [0.05, 0.1) is 13.2 Å². The average molecular weight is 335 g/mol. The van der Waals surface area contributed by atoms with Crippen molar-refractivity contribution in [1.29, 1.82) is 0 Å². The van der Waals surface area contributed by atoms with Crippen molar-refractivity contribution in [3.8, 4) is 5.75 Å². The number of aliphatic imine (C=N–C) groups is 1. The highest BCUT2D eigenvalue weighted by molar-refractivity contribution is 5.79. The van der Waals surface area contributed by atoms with E-state index in [0.29, 0.717) is 32.3 Å². The number of guanidine groups is 1. The van der Waals surface area contributed by atoms with Crippen molar-refractivity contribution in [1.82, 2.24) is 10.6 Å². The Morgan fingerprint density at radius 3 is 2.62 bits per heavy atom. The Morgan fingerprint density at radius 2 is 1.96 bits per heavy atom. The van der Waals surface area contributed by atoms with Gasteiger partial charge >= 0.3 is 0 Å². The zero-order valence-electron chi connectivity index (χ0n) is 15.8. The highest BCUT2D eigenvalue weighted by atomic mass is 16.5. The lowest BCUT2D eigenvalue weighted by molar-refractivity contribution is 0.110. The molecule has 0 aliphatic rings. The number of ether oxygens (including phenoxy) is 2. The van der Waals surface area contributed by atoms with E-state index >= 15 is 0 Å². The molecule has 0 atom stereocenters. The fraction of sp³-hybridized carbons (Fsp3) is 0.632. The molecule has 0 radical (unpaired) electrons. The second-order valence-electron chi connectivity index (χ2n) is 6.13. The zero-order valence-corrected chi connectivity index (χ0v) is 15.8. The Hall–Kier alpha value is -1.75. The minimum Gasteiger partial charge on any atom is -0.491 e. The van der Waals surface area contributed by atoms with Gasteiger partial charge in [-0.25, -0.2) is 4.99 Å². The van der Waals surface area contributed by atoms with Gasteiger partial charge in [-0.2, -0.15) is 0 Å². The summed E-state index contributed by atoms with van der Waals surface area (Å²) in [6.07, 6.45) is 0. The summed E-state index contributed by atoms with van der Waals surface area (Å²) in [7, 11) is 0. The minimum atomic E-state index is 0.555. The maximum absolute atomic E-state index is 5.88. The SMILES string of the molecule is CCNC(=NCc1ccc(C)cc1OCCOCC)NCC(C)C. The maximum atomic E-state index is 5.88. The molecule has 2 N–H and O–H groups in total. The van der Waals surface area contributed by atoms with Crippen LogP contribution in [-0.2, 0) is 11.3 Å².